The van der Waals surface area contributed by atoms with Crippen LogP contribution in [-0.4, -0.2) is 36.9 Å². The van der Waals surface area contributed by atoms with Crippen LogP contribution >= 0.6 is 0 Å². The number of carboxylic acids is 1. The number of alkyl halides is 2. The molecular formula is C10H9F2NO4S. The van der Waals surface area contributed by atoms with Gasteiger partial charge < -0.3 is 5.11 Å². The minimum Gasteiger partial charge on any atom is -0.480 e. The number of carboxylic acid groups (broad SMARTS) is 1. The Kier molecular flexibility index (Phi) is 4.93. The number of aliphatic carboxylic acids is 1. The van der Waals surface area contributed by atoms with E-state index in [4.69, 9.17) is 5.11 Å². The van der Waals surface area contributed by atoms with E-state index in [2.05, 4.69) is 0 Å². The molecule has 0 saturated carbocycles. The molecule has 5 nitrogen and oxygen atoms in total. The Morgan fingerprint density at radius 1 is 1.22 bits per heavy atom. The molecule has 0 fully saturated rings. The number of halogens is 2. The standard InChI is InChI=1S/C10H9F2NO4S/c11-10(12)13-7(9(14)15)8(18(16)17)6-4-2-1-3-5-6/h1-5,7,10,13H,(H,14,15)/t7-/m0/s1. The van der Waals surface area contributed by atoms with Crippen molar-refractivity contribution >= 4 is 21.1 Å². The lowest BCUT2D eigenvalue weighted by Gasteiger charge is -2.14. The average Bonchev–Trinajstić information content (AvgIpc) is 2.28. The summed E-state index contributed by atoms with van der Waals surface area (Å²) in [5.41, 5.74) is 0.0476. The molecule has 0 bridgehead atoms. The van der Waals surface area contributed by atoms with Gasteiger partial charge in [0.1, 0.15) is 4.86 Å². The van der Waals surface area contributed by atoms with Gasteiger partial charge in [-0.25, -0.2) is 5.32 Å². The van der Waals surface area contributed by atoms with Crippen molar-refractivity contribution in [2.24, 2.45) is 0 Å². The van der Waals surface area contributed by atoms with Gasteiger partial charge in [0.05, 0.1) is 0 Å². The smallest absolute Gasteiger partial charge is 0.326 e. The fourth-order valence-corrected chi connectivity index (χ4v) is 2.04. The first-order valence-corrected chi connectivity index (χ1v) is 5.79. The second kappa shape index (κ2) is 6.22. The van der Waals surface area contributed by atoms with Crippen LogP contribution in [0, 0.1) is 0 Å². The van der Waals surface area contributed by atoms with Crippen molar-refractivity contribution in [1.82, 2.24) is 5.32 Å². The lowest BCUT2D eigenvalue weighted by Crippen LogP contribution is -2.46. The Morgan fingerprint density at radius 3 is 2.17 bits per heavy atom. The quantitative estimate of drug-likeness (QED) is 0.461. The van der Waals surface area contributed by atoms with Crippen molar-refractivity contribution < 1.29 is 27.1 Å². The molecule has 1 rings (SSSR count). The van der Waals surface area contributed by atoms with Crippen LogP contribution in [0.1, 0.15) is 5.56 Å². The highest BCUT2D eigenvalue weighted by atomic mass is 32.2. The summed E-state index contributed by atoms with van der Waals surface area (Å²) in [6.07, 6.45) is 0. The zero-order valence-electron chi connectivity index (χ0n) is 8.88. The number of rotatable bonds is 5. The zero-order valence-corrected chi connectivity index (χ0v) is 9.69. The molecule has 0 unspecified atom stereocenters. The van der Waals surface area contributed by atoms with E-state index < -0.39 is 33.7 Å². The second-order valence-corrected chi connectivity index (χ2v) is 4.11. The Morgan fingerprint density at radius 2 is 1.78 bits per heavy atom. The molecule has 1 aromatic carbocycles. The minimum atomic E-state index is -3.15. The van der Waals surface area contributed by atoms with E-state index in [-0.39, 0.29) is 5.56 Å². The van der Waals surface area contributed by atoms with Crippen LogP contribution in [0.3, 0.4) is 0 Å². The van der Waals surface area contributed by atoms with Gasteiger partial charge in [-0.15, -0.1) is 0 Å². The van der Waals surface area contributed by atoms with Gasteiger partial charge in [0.25, 0.3) is 6.55 Å². The molecule has 98 valence electrons. The molecule has 1 atom stereocenters. The Bertz CT molecular complexity index is 549. The zero-order chi connectivity index (χ0) is 13.7. The molecule has 0 aliphatic rings. The van der Waals surface area contributed by atoms with E-state index in [9.17, 15) is 22.0 Å². The molecule has 1 aromatic rings. The van der Waals surface area contributed by atoms with Gasteiger partial charge in [0.2, 0.25) is 10.3 Å². The first-order valence-electron chi connectivity index (χ1n) is 4.72. The normalized spacial score (nSPS) is 12.2. The number of benzene rings is 1. The van der Waals surface area contributed by atoms with E-state index in [1.807, 2.05) is 0 Å². The molecule has 0 amide bonds. The molecular weight excluding hydrogens is 268 g/mol. The fraction of sp³-hybridized carbons (Fsp3) is 0.200. The molecule has 0 radical (unpaired) electrons. The third kappa shape index (κ3) is 3.60. The number of carbonyl (C=O) groups is 1. The molecule has 0 aliphatic carbocycles. The van der Waals surface area contributed by atoms with E-state index in [1.54, 1.807) is 6.07 Å². The highest BCUT2D eigenvalue weighted by Crippen LogP contribution is 2.06. The molecule has 0 aromatic heterocycles. The fourth-order valence-electron chi connectivity index (χ4n) is 1.35. The first kappa shape index (κ1) is 14.3. The van der Waals surface area contributed by atoms with Gasteiger partial charge in [0, 0.05) is 0 Å². The third-order valence-electron chi connectivity index (χ3n) is 2.04. The monoisotopic (exact) mass is 277 g/mol. The van der Waals surface area contributed by atoms with Gasteiger partial charge >= 0.3 is 5.97 Å². The molecule has 2 N–H and O–H groups in total. The molecule has 0 saturated heterocycles. The summed E-state index contributed by atoms with van der Waals surface area (Å²) in [4.78, 5) is 10.2. The maximum atomic E-state index is 12.2. The Labute approximate surface area is 103 Å². The highest BCUT2D eigenvalue weighted by Gasteiger charge is 2.28. The third-order valence-corrected chi connectivity index (χ3v) is 2.87. The maximum absolute atomic E-state index is 12.2. The summed E-state index contributed by atoms with van der Waals surface area (Å²) in [6, 6.07) is 5.20. The van der Waals surface area contributed by atoms with Crippen LogP contribution in [0.15, 0.2) is 30.3 Å². The number of hydrogen-bond acceptors (Lipinski definition) is 4. The molecule has 8 heteroatoms. The van der Waals surface area contributed by atoms with Gasteiger partial charge in [-0.1, -0.05) is 30.3 Å². The molecule has 18 heavy (non-hydrogen) atoms. The highest BCUT2D eigenvalue weighted by molar-refractivity contribution is 7.73. The minimum absolute atomic E-state index is 0.0476. The van der Waals surface area contributed by atoms with Gasteiger partial charge in [-0.05, 0) is 5.56 Å². The van der Waals surface area contributed by atoms with Crippen LogP contribution in [0.2, 0.25) is 0 Å². The van der Waals surface area contributed by atoms with Crippen molar-refractivity contribution in [3.63, 3.8) is 0 Å². The summed E-state index contributed by atoms with van der Waals surface area (Å²) in [6.45, 7) is -3.15. The number of hydrogen-bond donors (Lipinski definition) is 2. The summed E-state index contributed by atoms with van der Waals surface area (Å²) in [5, 5.41) is 10.2. The van der Waals surface area contributed by atoms with Gasteiger partial charge in [-0.3, -0.25) is 4.79 Å². The van der Waals surface area contributed by atoms with Crippen molar-refractivity contribution in [1.29, 1.82) is 0 Å². The van der Waals surface area contributed by atoms with Gasteiger partial charge in [-0.2, -0.15) is 17.2 Å². The maximum Gasteiger partial charge on any atom is 0.326 e. The van der Waals surface area contributed by atoms with E-state index in [1.165, 1.54) is 29.6 Å². The van der Waals surface area contributed by atoms with Crippen molar-refractivity contribution in [3.8, 4) is 0 Å². The topological polar surface area (TPSA) is 83.5 Å². The summed E-state index contributed by atoms with van der Waals surface area (Å²) < 4.78 is 46.5. The Balaban J connectivity index is 3.29. The predicted molar refractivity (Wildman–Crippen MR) is 60.0 cm³/mol. The van der Waals surface area contributed by atoms with Crippen molar-refractivity contribution in [2.45, 2.75) is 12.6 Å². The largest absolute Gasteiger partial charge is 0.480 e. The SMILES string of the molecule is O=C(O)[C@@H](NC(F)F)C(c1ccccc1)=S(=O)=O. The van der Waals surface area contributed by atoms with E-state index in [0.717, 1.165) is 0 Å². The van der Waals surface area contributed by atoms with E-state index in [0.29, 0.717) is 0 Å². The van der Waals surface area contributed by atoms with E-state index >= 15 is 0 Å². The molecule has 0 spiro atoms. The lowest BCUT2D eigenvalue weighted by molar-refractivity contribution is -0.138. The van der Waals surface area contributed by atoms with Crippen LogP contribution in [-0.2, 0) is 15.1 Å². The average molecular weight is 277 g/mol. The van der Waals surface area contributed by atoms with Crippen LogP contribution < -0.4 is 5.32 Å². The Hall–Kier alpha value is -1.80. The summed E-state index contributed by atoms with van der Waals surface area (Å²) in [5.74, 6) is -1.70. The van der Waals surface area contributed by atoms with Crippen molar-refractivity contribution in [3.05, 3.63) is 35.9 Å². The summed E-state index contributed by atoms with van der Waals surface area (Å²) >= 11 is 0. The van der Waals surface area contributed by atoms with Crippen LogP contribution in [0.4, 0.5) is 8.78 Å². The predicted octanol–water partition coefficient (Wildman–Crippen LogP) is 0.352. The van der Waals surface area contributed by atoms with Crippen LogP contribution in [0.5, 0.6) is 0 Å². The second-order valence-electron chi connectivity index (χ2n) is 3.20. The summed E-state index contributed by atoms with van der Waals surface area (Å²) in [7, 11) is -2.93. The molecule has 0 heterocycles. The first-order chi connectivity index (χ1) is 8.43. The lowest BCUT2D eigenvalue weighted by atomic mass is 10.1. The van der Waals surface area contributed by atoms with Crippen molar-refractivity contribution in [2.75, 3.05) is 0 Å². The van der Waals surface area contributed by atoms with Crippen LogP contribution in [0.25, 0.3) is 0 Å². The van der Waals surface area contributed by atoms with Gasteiger partial charge in [0.15, 0.2) is 6.04 Å². The molecule has 0 aliphatic heterocycles. The number of nitrogens with one attached hydrogen (secondary N) is 1.